The third-order valence-electron chi connectivity index (χ3n) is 1.92. The molecule has 2 rings (SSSR count). The van der Waals surface area contributed by atoms with Crippen molar-refractivity contribution >= 4 is 0 Å². The molecular formula is C9H10O. The molecule has 0 aromatic carbocycles. The number of rotatable bonds is 0. The first-order valence-corrected chi connectivity index (χ1v) is 3.68. The monoisotopic (exact) mass is 134 g/mol. The van der Waals surface area contributed by atoms with E-state index in [-0.39, 0.29) is 0 Å². The van der Waals surface area contributed by atoms with Gasteiger partial charge in [0.25, 0.3) is 0 Å². The quantitative estimate of drug-likeness (QED) is 0.494. The zero-order valence-electron chi connectivity index (χ0n) is 5.84. The Morgan fingerprint density at radius 1 is 1.40 bits per heavy atom. The van der Waals surface area contributed by atoms with Crippen LogP contribution >= 0.6 is 0 Å². The summed E-state index contributed by atoms with van der Waals surface area (Å²) in [5, 5.41) is 0. The van der Waals surface area contributed by atoms with Gasteiger partial charge in [-0.2, -0.15) is 0 Å². The third-order valence-corrected chi connectivity index (χ3v) is 1.92. The lowest BCUT2D eigenvalue weighted by molar-refractivity contribution is 0.390. The number of allylic oxidation sites excluding steroid dienone is 4. The molecule has 0 spiro atoms. The fraction of sp³-hybridized carbons (Fsp3) is 0.333. The molecule has 52 valence electrons. The minimum atomic E-state index is 1.18. The Hall–Kier alpha value is -0.980. The van der Waals surface area contributed by atoms with Crippen molar-refractivity contribution in [2.24, 2.45) is 0 Å². The molecule has 0 aromatic rings. The number of hydrogen-bond donors (Lipinski definition) is 0. The van der Waals surface area contributed by atoms with E-state index in [0.717, 1.165) is 0 Å². The molecule has 0 unspecified atom stereocenters. The zero-order chi connectivity index (χ0) is 6.81. The van der Waals surface area contributed by atoms with Crippen LogP contribution in [0.4, 0.5) is 0 Å². The second kappa shape index (κ2) is 2.33. The van der Waals surface area contributed by atoms with Crippen molar-refractivity contribution in [1.82, 2.24) is 0 Å². The summed E-state index contributed by atoms with van der Waals surface area (Å²) in [7, 11) is 0. The maximum Gasteiger partial charge on any atom is 0.0939 e. The number of hydrogen-bond acceptors (Lipinski definition) is 1. The Labute approximate surface area is 60.7 Å². The summed E-state index contributed by atoms with van der Waals surface area (Å²) in [6, 6.07) is 0. The molecule has 0 radical (unpaired) electrons. The van der Waals surface area contributed by atoms with E-state index in [1.165, 1.54) is 30.4 Å². The van der Waals surface area contributed by atoms with E-state index in [1.54, 1.807) is 6.26 Å². The second-order valence-corrected chi connectivity index (χ2v) is 2.63. The molecule has 1 aliphatic carbocycles. The average Bonchev–Trinajstić information content (AvgIpc) is 2.05. The molecule has 0 N–H and O–H groups in total. The van der Waals surface area contributed by atoms with Gasteiger partial charge >= 0.3 is 0 Å². The van der Waals surface area contributed by atoms with Crippen molar-refractivity contribution < 1.29 is 4.74 Å². The summed E-state index contributed by atoms with van der Waals surface area (Å²) < 4.78 is 5.06. The molecule has 0 saturated heterocycles. The predicted octanol–water partition coefficient (Wildman–Crippen LogP) is 2.52. The Kier molecular flexibility index (Phi) is 1.35. The molecule has 0 bridgehead atoms. The highest BCUT2D eigenvalue weighted by molar-refractivity contribution is 5.41. The van der Waals surface area contributed by atoms with Crippen LogP contribution in [0.25, 0.3) is 0 Å². The maximum atomic E-state index is 5.06. The predicted molar refractivity (Wildman–Crippen MR) is 40.2 cm³/mol. The van der Waals surface area contributed by atoms with Gasteiger partial charge in [0.1, 0.15) is 0 Å². The van der Waals surface area contributed by atoms with Crippen LogP contribution in [0.15, 0.2) is 35.8 Å². The lowest BCUT2D eigenvalue weighted by Crippen LogP contribution is -1.97. The molecule has 1 heteroatoms. The first kappa shape index (κ1) is 5.78. The molecule has 0 amide bonds. The van der Waals surface area contributed by atoms with Gasteiger partial charge in [-0.3, -0.25) is 0 Å². The van der Waals surface area contributed by atoms with Crippen LogP contribution in [-0.4, -0.2) is 0 Å². The Balaban J connectivity index is 2.32. The molecule has 1 nitrogen and oxygen atoms in total. The van der Waals surface area contributed by atoms with Gasteiger partial charge in [0.05, 0.1) is 12.5 Å². The summed E-state index contributed by atoms with van der Waals surface area (Å²) in [6.45, 7) is 0. The molecule has 0 saturated carbocycles. The number of ether oxygens (including phenoxy) is 1. The lowest BCUT2D eigenvalue weighted by atomic mass is 9.94. The zero-order valence-corrected chi connectivity index (χ0v) is 5.84. The first-order chi connectivity index (χ1) is 4.97. The normalized spacial score (nSPS) is 22.4. The van der Waals surface area contributed by atoms with Gasteiger partial charge in [-0.25, -0.2) is 0 Å². The second-order valence-electron chi connectivity index (χ2n) is 2.63. The highest BCUT2D eigenvalue weighted by atomic mass is 16.5. The first-order valence-electron chi connectivity index (χ1n) is 3.68. The Bertz CT molecular complexity index is 221. The van der Waals surface area contributed by atoms with E-state index in [9.17, 15) is 0 Å². The summed E-state index contributed by atoms with van der Waals surface area (Å²) in [5.41, 5.74) is 2.71. The minimum absolute atomic E-state index is 1.18. The molecule has 0 aromatic heterocycles. The lowest BCUT2D eigenvalue weighted by Gasteiger charge is -2.15. The van der Waals surface area contributed by atoms with Crippen LogP contribution in [0, 0.1) is 0 Å². The molecule has 10 heavy (non-hydrogen) atoms. The molecule has 1 heterocycles. The third kappa shape index (κ3) is 0.878. The highest BCUT2D eigenvalue weighted by Gasteiger charge is 2.09. The van der Waals surface area contributed by atoms with Gasteiger partial charge in [-0.05, 0) is 36.5 Å². The molecule has 0 atom stereocenters. The summed E-state index contributed by atoms with van der Waals surface area (Å²) in [6.07, 6.45) is 11.6. The van der Waals surface area contributed by atoms with Crippen molar-refractivity contribution in [3.8, 4) is 0 Å². The van der Waals surface area contributed by atoms with Crippen LogP contribution in [0.1, 0.15) is 19.3 Å². The van der Waals surface area contributed by atoms with E-state index in [1.807, 2.05) is 12.3 Å². The smallest absolute Gasteiger partial charge is 0.0939 e. The highest BCUT2D eigenvalue weighted by Crippen LogP contribution is 2.26. The van der Waals surface area contributed by atoms with Crippen LogP contribution in [-0.2, 0) is 4.74 Å². The summed E-state index contributed by atoms with van der Waals surface area (Å²) >= 11 is 0. The molecule has 1 aliphatic heterocycles. The minimum Gasteiger partial charge on any atom is -0.472 e. The largest absolute Gasteiger partial charge is 0.472 e. The summed E-state index contributed by atoms with van der Waals surface area (Å²) in [5.74, 6) is 0. The fourth-order valence-electron chi connectivity index (χ4n) is 1.36. The van der Waals surface area contributed by atoms with Gasteiger partial charge in [0.2, 0.25) is 0 Å². The van der Waals surface area contributed by atoms with Crippen LogP contribution in [0.3, 0.4) is 0 Å². The SMILES string of the molecule is C1=CC2=CCCCC2=CO1. The van der Waals surface area contributed by atoms with Crippen LogP contribution in [0.2, 0.25) is 0 Å². The molecule has 0 fully saturated rings. The number of fused-ring (bicyclic) bond motifs is 1. The van der Waals surface area contributed by atoms with Crippen molar-refractivity contribution in [1.29, 1.82) is 0 Å². The van der Waals surface area contributed by atoms with E-state index in [4.69, 9.17) is 4.74 Å². The van der Waals surface area contributed by atoms with E-state index in [0.29, 0.717) is 0 Å². The molecule has 2 aliphatic rings. The Morgan fingerprint density at radius 3 is 3.30 bits per heavy atom. The van der Waals surface area contributed by atoms with Crippen LogP contribution in [0.5, 0.6) is 0 Å². The Morgan fingerprint density at radius 2 is 2.40 bits per heavy atom. The van der Waals surface area contributed by atoms with Crippen LogP contribution < -0.4 is 0 Å². The van der Waals surface area contributed by atoms with E-state index in [2.05, 4.69) is 6.08 Å². The van der Waals surface area contributed by atoms with Gasteiger partial charge in [-0.15, -0.1) is 0 Å². The van der Waals surface area contributed by atoms with Crippen molar-refractivity contribution in [2.45, 2.75) is 19.3 Å². The maximum absolute atomic E-state index is 5.06. The average molecular weight is 134 g/mol. The van der Waals surface area contributed by atoms with E-state index >= 15 is 0 Å². The van der Waals surface area contributed by atoms with Gasteiger partial charge in [-0.1, -0.05) is 6.08 Å². The van der Waals surface area contributed by atoms with Crippen molar-refractivity contribution in [3.05, 3.63) is 35.8 Å². The molecular weight excluding hydrogens is 124 g/mol. The summed E-state index contributed by atoms with van der Waals surface area (Å²) in [4.78, 5) is 0. The van der Waals surface area contributed by atoms with Crippen molar-refractivity contribution in [2.75, 3.05) is 0 Å². The van der Waals surface area contributed by atoms with Gasteiger partial charge < -0.3 is 4.74 Å². The van der Waals surface area contributed by atoms with Gasteiger partial charge in [0, 0.05) is 0 Å². The van der Waals surface area contributed by atoms with E-state index < -0.39 is 0 Å². The van der Waals surface area contributed by atoms with Gasteiger partial charge in [0.15, 0.2) is 0 Å². The standard InChI is InChI=1S/C9H10O/c1-2-4-9-7-10-6-5-8(9)3-1/h3,5-7H,1-2,4H2. The fourth-order valence-corrected chi connectivity index (χ4v) is 1.36. The topological polar surface area (TPSA) is 9.23 Å². The van der Waals surface area contributed by atoms with Crippen molar-refractivity contribution in [3.63, 3.8) is 0 Å².